The van der Waals surface area contributed by atoms with Gasteiger partial charge in [0.25, 0.3) is 5.56 Å². The van der Waals surface area contributed by atoms with Crippen molar-refractivity contribution in [2.75, 3.05) is 5.32 Å². The molecule has 0 aliphatic rings. The van der Waals surface area contributed by atoms with Crippen LogP contribution in [-0.4, -0.2) is 29.5 Å². The van der Waals surface area contributed by atoms with E-state index in [0.717, 1.165) is 0 Å². The molecule has 5 aromatic rings. The van der Waals surface area contributed by atoms with E-state index in [1.54, 1.807) is 25.1 Å². The van der Waals surface area contributed by atoms with Crippen LogP contribution in [0.1, 0.15) is 30.8 Å². The van der Waals surface area contributed by atoms with Crippen molar-refractivity contribution >= 4 is 39.5 Å². The number of nitrogens with one attached hydrogen (secondary N) is 2. The van der Waals surface area contributed by atoms with Gasteiger partial charge in [-0.2, -0.15) is 9.97 Å². The molecule has 3 heterocycles. The summed E-state index contributed by atoms with van der Waals surface area (Å²) in [6.45, 7) is 3.72. The van der Waals surface area contributed by atoms with Gasteiger partial charge in [0.1, 0.15) is 22.5 Å². The van der Waals surface area contributed by atoms with Gasteiger partial charge in [-0.3, -0.25) is 9.36 Å². The van der Waals surface area contributed by atoms with Crippen molar-refractivity contribution in [1.82, 2.24) is 29.5 Å². The molecular formula is C23H19ClFN7O. The third kappa shape index (κ3) is 3.70. The lowest BCUT2D eigenvalue weighted by atomic mass is 10.1. The molecule has 0 amide bonds. The largest absolute Gasteiger partial charge is 0.358 e. The first-order valence-electron chi connectivity index (χ1n) is 10.4. The molecule has 0 aliphatic carbocycles. The summed E-state index contributed by atoms with van der Waals surface area (Å²) in [6.07, 6.45) is 2.05. The summed E-state index contributed by atoms with van der Waals surface area (Å²) in [7, 11) is 0. The van der Waals surface area contributed by atoms with Gasteiger partial charge in [-0.1, -0.05) is 25.1 Å². The van der Waals surface area contributed by atoms with Gasteiger partial charge >= 0.3 is 0 Å². The standard InChI is InChI=1S/C23H19ClFN7O/c1-3-15(28-20-18-19(27-11-26-18)30-23(24)31-20)21-29-16-10-12(2)9-14(25)17(16)22(33)32(21)13-7-5-4-6-8-13/h4-11,15H,3H2,1-2H3,(H2,26,27,28,30,31)/t15-/m0/s1. The molecule has 0 unspecified atom stereocenters. The maximum atomic E-state index is 14.8. The van der Waals surface area contributed by atoms with E-state index >= 15 is 0 Å². The number of para-hydroxylation sites is 1. The normalized spacial score (nSPS) is 12.4. The molecule has 5 rings (SSSR count). The zero-order valence-electron chi connectivity index (χ0n) is 17.8. The number of aryl methyl sites for hydroxylation is 1. The van der Waals surface area contributed by atoms with Crippen LogP contribution in [0.25, 0.3) is 27.8 Å². The molecule has 0 bridgehead atoms. The van der Waals surface area contributed by atoms with Crippen LogP contribution in [0.2, 0.25) is 5.28 Å². The van der Waals surface area contributed by atoms with E-state index in [0.29, 0.717) is 46.0 Å². The first-order valence-corrected chi connectivity index (χ1v) is 10.8. The minimum atomic E-state index is -0.596. The fraction of sp³-hybridized carbons (Fsp3) is 0.174. The highest BCUT2D eigenvalue weighted by atomic mass is 35.5. The number of anilines is 1. The average molecular weight is 464 g/mol. The highest BCUT2D eigenvalue weighted by Crippen LogP contribution is 2.27. The van der Waals surface area contributed by atoms with E-state index in [2.05, 4.69) is 25.3 Å². The summed E-state index contributed by atoms with van der Waals surface area (Å²) in [5.74, 6) is 0.258. The summed E-state index contributed by atoms with van der Waals surface area (Å²) < 4.78 is 16.3. The number of fused-ring (bicyclic) bond motifs is 2. The first kappa shape index (κ1) is 21.0. The van der Waals surface area contributed by atoms with Crippen LogP contribution < -0.4 is 10.9 Å². The van der Waals surface area contributed by atoms with Crippen LogP contribution in [0.5, 0.6) is 0 Å². The second-order valence-electron chi connectivity index (χ2n) is 7.63. The Labute approximate surface area is 192 Å². The predicted octanol–water partition coefficient (Wildman–Crippen LogP) is 4.72. The molecule has 0 radical (unpaired) electrons. The summed E-state index contributed by atoms with van der Waals surface area (Å²) >= 11 is 6.09. The number of H-pyrrole nitrogens is 1. The zero-order valence-corrected chi connectivity index (χ0v) is 18.6. The number of imidazole rings is 1. The monoisotopic (exact) mass is 463 g/mol. The van der Waals surface area contributed by atoms with Gasteiger partial charge in [0.2, 0.25) is 5.28 Å². The lowest BCUT2D eigenvalue weighted by Gasteiger charge is -2.22. The van der Waals surface area contributed by atoms with E-state index in [9.17, 15) is 9.18 Å². The van der Waals surface area contributed by atoms with Crippen molar-refractivity contribution in [1.29, 1.82) is 0 Å². The van der Waals surface area contributed by atoms with Gasteiger partial charge in [0.15, 0.2) is 11.5 Å². The summed E-state index contributed by atoms with van der Waals surface area (Å²) in [5, 5.41) is 3.31. The van der Waals surface area contributed by atoms with Crippen LogP contribution in [0.3, 0.4) is 0 Å². The first-order chi connectivity index (χ1) is 16.0. The smallest absolute Gasteiger partial charge is 0.269 e. The zero-order chi connectivity index (χ0) is 23.1. The number of aromatic nitrogens is 6. The Kier molecular flexibility index (Phi) is 5.26. The quantitative estimate of drug-likeness (QED) is 0.366. The second kappa shape index (κ2) is 8.25. The number of rotatable bonds is 5. The minimum Gasteiger partial charge on any atom is -0.358 e. The van der Waals surface area contributed by atoms with Crippen molar-refractivity contribution in [2.45, 2.75) is 26.3 Å². The molecule has 3 aromatic heterocycles. The van der Waals surface area contributed by atoms with Crippen molar-refractivity contribution in [3.05, 3.63) is 81.6 Å². The maximum Gasteiger partial charge on any atom is 0.269 e. The molecule has 0 saturated heterocycles. The van der Waals surface area contributed by atoms with Crippen molar-refractivity contribution in [3.8, 4) is 5.69 Å². The third-order valence-corrected chi connectivity index (χ3v) is 5.57. The molecule has 10 heteroatoms. The van der Waals surface area contributed by atoms with Gasteiger partial charge in [0, 0.05) is 0 Å². The molecule has 0 fully saturated rings. The van der Waals surface area contributed by atoms with Gasteiger partial charge in [0.05, 0.1) is 23.6 Å². The molecule has 166 valence electrons. The summed E-state index contributed by atoms with van der Waals surface area (Å²) in [4.78, 5) is 33.9. The Balaban J connectivity index is 1.76. The maximum absolute atomic E-state index is 14.8. The Hall–Kier alpha value is -3.85. The summed E-state index contributed by atoms with van der Waals surface area (Å²) in [6, 6.07) is 11.6. The minimum absolute atomic E-state index is 0.0385. The van der Waals surface area contributed by atoms with E-state index < -0.39 is 17.4 Å². The Bertz CT molecular complexity index is 1550. The number of benzene rings is 2. The van der Waals surface area contributed by atoms with Crippen molar-refractivity contribution in [3.63, 3.8) is 0 Å². The van der Waals surface area contributed by atoms with Gasteiger partial charge in [-0.05, 0) is 54.8 Å². The van der Waals surface area contributed by atoms with Crippen LogP contribution >= 0.6 is 11.6 Å². The molecule has 0 aliphatic heterocycles. The Morgan fingerprint density at radius 1 is 1.18 bits per heavy atom. The molecule has 1 atom stereocenters. The Morgan fingerprint density at radius 3 is 2.73 bits per heavy atom. The van der Waals surface area contributed by atoms with Gasteiger partial charge in [-0.15, -0.1) is 0 Å². The van der Waals surface area contributed by atoms with Gasteiger partial charge in [-0.25, -0.2) is 14.4 Å². The van der Waals surface area contributed by atoms with Crippen molar-refractivity contribution in [2.24, 2.45) is 0 Å². The molecule has 0 saturated carbocycles. The number of halogens is 2. The molecule has 33 heavy (non-hydrogen) atoms. The average Bonchev–Trinajstić information content (AvgIpc) is 3.25. The fourth-order valence-corrected chi connectivity index (χ4v) is 4.06. The third-order valence-electron chi connectivity index (χ3n) is 5.40. The Morgan fingerprint density at radius 2 is 1.97 bits per heavy atom. The van der Waals surface area contributed by atoms with Crippen LogP contribution in [0.15, 0.2) is 53.6 Å². The highest BCUT2D eigenvalue weighted by molar-refractivity contribution is 6.28. The molecule has 8 nitrogen and oxygen atoms in total. The van der Waals surface area contributed by atoms with E-state index in [4.69, 9.17) is 16.6 Å². The predicted molar refractivity (Wildman–Crippen MR) is 125 cm³/mol. The molecule has 2 aromatic carbocycles. The molecule has 2 N–H and O–H groups in total. The molecular weight excluding hydrogens is 445 g/mol. The van der Waals surface area contributed by atoms with Crippen LogP contribution in [-0.2, 0) is 0 Å². The van der Waals surface area contributed by atoms with E-state index in [1.165, 1.54) is 17.0 Å². The molecule has 0 spiro atoms. The fourth-order valence-electron chi connectivity index (χ4n) is 3.90. The highest BCUT2D eigenvalue weighted by Gasteiger charge is 2.23. The van der Waals surface area contributed by atoms with Gasteiger partial charge < -0.3 is 10.3 Å². The lowest BCUT2D eigenvalue weighted by Crippen LogP contribution is -2.29. The number of nitrogens with zero attached hydrogens (tertiary/aromatic N) is 5. The number of aromatic amines is 1. The number of hydrogen-bond acceptors (Lipinski definition) is 6. The van der Waals surface area contributed by atoms with E-state index in [1.807, 2.05) is 25.1 Å². The van der Waals surface area contributed by atoms with E-state index in [-0.39, 0.29) is 10.7 Å². The van der Waals surface area contributed by atoms with Crippen LogP contribution in [0, 0.1) is 12.7 Å². The van der Waals surface area contributed by atoms with Crippen molar-refractivity contribution < 1.29 is 4.39 Å². The van der Waals surface area contributed by atoms with Crippen LogP contribution in [0.4, 0.5) is 10.2 Å². The second-order valence-corrected chi connectivity index (χ2v) is 7.97. The lowest BCUT2D eigenvalue weighted by molar-refractivity contribution is 0.629. The number of hydrogen-bond donors (Lipinski definition) is 2. The SMILES string of the molecule is CC[C@H](Nc1nc(Cl)nc2nc[nH]c12)c1nc2cc(C)cc(F)c2c(=O)n1-c1ccccc1. The summed E-state index contributed by atoms with van der Waals surface area (Å²) in [5.41, 5.74) is 2.07. The topological polar surface area (TPSA) is 101 Å².